The van der Waals surface area contributed by atoms with Crippen molar-refractivity contribution in [3.05, 3.63) is 102 Å². The summed E-state index contributed by atoms with van der Waals surface area (Å²) in [7, 11) is 0. The predicted octanol–water partition coefficient (Wildman–Crippen LogP) is 5.13. The van der Waals surface area contributed by atoms with E-state index in [9.17, 15) is 14.4 Å². The number of aromatic nitrogens is 1. The standard InChI is InChI=1S/C29H24N4O3/c1-19-7-9-20(10-8-19)23-17-25(21-5-3-2-4-6-21)30-26(18-23)31-29(36)22-11-13-24(14-12-22)33-28(35)16-15-27(34)32-33/h2-14,17-18H,15-16H2,1H3,(H,32,34)(H,30,31,36). The molecular formula is C29H24N4O3. The van der Waals surface area contributed by atoms with E-state index in [0.717, 1.165) is 22.4 Å². The highest BCUT2D eigenvalue weighted by Gasteiger charge is 2.24. The zero-order chi connectivity index (χ0) is 25.1. The van der Waals surface area contributed by atoms with Crippen LogP contribution >= 0.6 is 0 Å². The number of nitrogens with zero attached hydrogens (tertiary/aromatic N) is 2. The van der Waals surface area contributed by atoms with Gasteiger partial charge in [-0.05, 0) is 54.4 Å². The average molecular weight is 477 g/mol. The van der Waals surface area contributed by atoms with Crippen LogP contribution in [0.1, 0.15) is 28.8 Å². The molecule has 1 aromatic heterocycles. The van der Waals surface area contributed by atoms with Crippen LogP contribution in [0.2, 0.25) is 0 Å². The van der Waals surface area contributed by atoms with Crippen molar-refractivity contribution in [2.45, 2.75) is 19.8 Å². The summed E-state index contributed by atoms with van der Waals surface area (Å²) in [6, 6.07) is 28.3. The summed E-state index contributed by atoms with van der Waals surface area (Å²) in [5.74, 6) is -0.315. The van der Waals surface area contributed by atoms with Gasteiger partial charge in [0.15, 0.2) is 0 Å². The SMILES string of the molecule is Cc1ccc(-c2cc(NC(=O)c3ccc(N4NC(=O)CCC4=O)cc3)nc(-c3ccccc3)c2)cc1. The molecule has 5 rings (SSSR count). The molecule has 1 saturated heterocycles. The minimum absolute atomic E-state index is 0.154. The molecule has 1 fully saturated rings. The monoisotopic (exact) mass is 476 g/mol. The van der Waals surface area contributed by atoms with Crippen LogP contribution in [-0.4, -0.2) is 22.7 Å². The van der Waals surface area contributed by atoms with Gasteiger partial charge in [-0.3, -0.25) is 19.8 Å². The quantitative estimate of drug-likeness (QED) is 0.418. The first-order valence-electron chi connectivity index (χ1n) is 11.6. The molecule has 0 radical (unpaired) electrons. The van der Waals surface area contributed by atoms with Crippen molar-refractivity contribution < 1.29 is 14.4 Å². The van der Waals surface area contributed by atoms with E-state index in [-0.39, 0.29) is 30.6 Å². The zero-order valence-electron chi connectivity index (χ0n) is 19.7. The molecule has 1 aliphatic rings. The van der Waals surface area contributed by atoms with E-state index >= 15 is 0 Å². The maximum Gasteiger partial charge on any atom is 0.256 e. The van der Waals surface area contributed by atoms with Crippen molar-refractivity contribution in [3.63, 3.8) is 0 Å². The van der Waals surface area contributed by atoms with Crippen molar-refractivity contribution in [2.75, 3.05) is 10.3 Å². The van der Waals surface area contributed by atoms with E-state index < -0.39 is 0 Å². The molecular weight excluding hydrogens is 452 g/mol. The average Bonchev–Trinajstić information content (AvgIpc) is 2.91. The lowest BCUT2D eigenvalue weighted by Crippen LogP contribution is -2.50. The number of carbonyl (C=O) groups excluding carboxylic acids is 3. The molecule has 0 unspecified atom stereocenters. The number of anilines is 2. The van der Waals surface area contributed by atoms with Gasteiger partial charge in [0, 0.05) is 24.0 Å². The molecule has 36 heavy (non-hydrogen) atoms. The van der Waals surface area contributed by atoms with E-state index in [0.29, 0.717) is 17.1 Å². The number of nitrogens with one attached hydrogen (secondary N) is 2. The predicted molar refractivity (Wildman–Crippen MR) is 139 cm³/mol. The van der Waals surface area contributed by atoms with E-state index in [1.807, 2.05) is 73.7 Å². The normalized spacial score (nSPS) is 13.3. The maximum absolute atomic E-state index is 13.1. The van der Waals surface area contributed by atoms with Gasteiger partial charge in [0.1, 0.15) is 5.82 Å². The van der Waals surface area contributed by atoms with E-state index in [4.69, 9.17) is 0 Å². The zero-order valence-corrected chi connectivity index (χ0v) is 19.7. The van der Waals surface area contributed by atoms with Gasteiger partial charge in [0.2, 0.25) is 11.8 Å². The lowest BCUT2D eigenvalue weighted by atomic mass is 10.0. The summed E-state index contributed by atoms with van der Waals surface area (Å²) in [6.07, 6.45) is 0.330. The Balaban J connectivity index is 1.42. The van der Waals surface area contributed by atoms with Crippen LogP contribution in [0.5, 0.6) is 0 Å². The second-order valence-electron chi connectivity index (χ2n) is 8.62. The summed E-state index contributed by atoms with van der Waals surface area (Å²) >= 11 is 0. The largest absolute Gasteiger partial charge is 0.307 e. The molecule has 0 spiro atoms. The molecule has 0 saturated carbocycles. The third-order valence-electron chi connectivity index (χ3n) is 5.96. The highest BCUT2D eigenvalue weighted by atomic mass is 16.2. The lowest BCUT2D eigenvalue weighted by Gasteiger charge is -2.27. The first-order chi connectivity index (χ1) is 17.5. The Hall–Kier alpha value is -4.78. The number of benzene rings is 3. The van der Waals surface area contributed by atoms with Crippen LogP contribution in [0, 0.1) is 6.92 Å². The fourth-order valence-corrected chi connectivity index (χ4v) is 4.00. The van der Waals surface area contributed by atoms with Crippen LogP contribution in [0.3, 0.4) is 0 Å². The Kier molecular flexibility index (Phi) is 6.28. The van der Waals surface area contributed by atoms with E-state index in [1.54, 1.807) is 24.3 Å². The highest BCUT2D eigenvalue weighted by Crippen LogP contribution is 2.28. The molecule has 4 aromatic rings. The fraction of sp³-hybridized carbons (Fsp3) is 0.103. The highest BCUT2D eigenvalue weighted by molar-refractivity contribution is 6.05. The maximum atomic E-state index is 13.1. The van der Waals surface area contributed by atoms with Crippen molar-refractivity contribution in [1.82, 2.24) is 10.4 Å². The van der Waals surface area contributed by atoms with Crippen LogP contribution in [0.25, 0.3) is 22.4 Å². The van der Waals surface area contributed by atoms with Gasteiger partial charge in [0.05, 0.1) is 11.4 Å². The molecule has 1 aliphatic heterocycles. The molecule has 2 N–H and O–H groups in total. The lowest BCUT2D eigenvalue weighted by molar-refractivity contribution is -0.130. The van der Waals surface area contributed by atoms with Crippen molar-refractivity contribution in [1.29, 1.82) is 0 Å². The number of aryl methyl sites for hydroxylation is 1. The molecule has 7 nitrogen and oxygen atoms in total. The number of rotatable bonds is 5. The van der Waals surface area contributed by atoms with Crippen LogP contribution in [0.4, 0.5) is 11.5 Å². The number of carbonyl (C=O) groups is 3. The van der Waals surface area contributed by atoms with Crippen LogP contribution in [0.15, 0.2) is 91.0 Å². The summed E-state index contributed by atoms with van der Waals surface area (Å²) in [5, 5.41) is 4.12. The van der Waals surface area contributed by atoms with Gasteiger partial charge in [-0.25, -0.2) is 9.99 Å². The second kappa shape index (κ2) is 9.84. The molecule has 3 amide bonds. The van der Waals surface area contributed by atoms with Gasteiger partial charge in [0.25, 0.3) is 5.91 Å². The smallest absolute Gasteiger partial charge is 0.256 e. The number of amides is 3. The van der Waals surface area contributed by atoms with Crippen LogP contribution < -0.4 is 15.8 Å². The molecule has 7 heteroatoms. The van der Waals surface area contributed by atoms with Gasteiger partial charge < -0.3 is 5.32 Å². The summed E-state index contributed by atoms with van der Waals surface area (Å²) in [4.78, 5) is 41.6. The summed E-state index contributed by atoms with van der Waals surface area (Å²) in [6.45, 7) is 2.04. The Bertz CT molecular complexity index is 1430. The molecule has 0 bridgehead atoms. The van der Waals surface area contributed by atoms with Gasteiger partial charge in [-0.2, -0.15) is 0 Å². The minimum atomic E-state index is -0.330. The molecule has 2 heterocycles. The number of hydrogen-bond donors (Lipinski definition) is 2. The molecule has 0 aliphatic carbocycles. The summed E-state index contributed by atoms with van der Waals surface area (Å²) < 4.78 is 0. The Morgan fingerprint density at radius 2 is 1.56 bits per heavy atom. The fourth-order valence-electron chi connectivity index (χ4n) is 4.00. The van der Waals surface area contributed by atoms with Gasteiger partial charge >= 0.3 is 0 Å². The molecule has 3 aromatic carbocycles. The number of hydrogen-bond acceptors (Lipinski definition) is 4. The topological polar surface area (TPSA) is 91.4 Å². The first kappa shape index (κ1) is 23.0. The number of pyridine rings is 1. The van der Waals surface area contributed by atoms with Gasteiger partial charge in [-0.1, -0.05) is 60.2 Å². The summed E-state index contributed by atoms with van der Waals surface area (Å²) in [5.41, 5.74) is 8.27. The third kappa shape index (κ3) is 5.00. The Morgan fingerprint density at radius 1 is 0.833 bits per heavy atom. The number of hydrazine groups is 1. The van der Waals surface area contributed by atoms with Crippen molar-refractivity contribution >= 4 is 29.2 Å². The molecule has 178 valence electrons. The molecule has 0 atom stereocenters. The first-order valence-corrected chi connectivity index (χ1v) is 11.6. The third-order valence-corrected chi connectivity index (χ3v) is 5.96. The van der Waals surface area contributed by atoms with Crippen LogP contribution in [-0.2, 0) is 9.59 Å². The Labute approximate surface area is 208 Å². The van der Waals surface area contributed by atoms with E-state index in [1.165, 1.54) is 10.6 Å². The minimum Gasteiger partial charge on any atom is -0.307 e. The van der Waals surface area contributed by atoms with Crippen molar-refractivity contribution in [2.24, 2.45) is 0 Å². The van der Waals surface area contributed by atoms with E-state index in [2.05, 4.69) is 15.7 Å². The second-order valence-corrected chi connectivity index (χ2v) is 8.62. The Morgan fingerprint density at radius 3 is 2.28 bits per heavy atom. The van der Waals surface area contributed by atoms with Crippen molar-refractivity contribution in [3.8, 4) is 22.4 Å². The van der Waals surface area contributed by atoms with Gasteiger partial charge in [-0.15, -0.1) is 0 Å².